The predicted octanol–water partition coefficient (Wildman–Crippen LogP) is 1.85. The molecule has 1 aliphatic carbocycles. The largest absolute Gasteiger partial charge is 0.393 e. The van der Waals surface area contributed by atoms with Gasteiger partial charge in [0, 0.05) is 12.5 Å². The van der Waals surface area contributed by atoms with Crippen LogP contribution in [0.25, 0.3) is 0 Å². The summed E-state index contributed by atoms with van der Waals surface area (Å²) in [5, 5.41) is 10.2. The number of morpholine rings is 1. The van der Waals surface area contributed by atoms with Gasteiger partial charge in [0.15, 0.2) is 0 Å². The van der Waals surface area contributed by atoms with Crippen LogP contribution in [0.5, 0.6) is 0 Å². The van der Waals surface area contributed by atoms with Crippen LogP contribution < -0.4 is 0 Å². The van der Waals surface area contributed by atoms with Gasteiger partial charge in [-0.05, 0) is 38.3 Å². The van der Waals surface area contributed by atoms with E-state index in [1.165, 1.54) is 0 Å². The van der Waals surface area contributed by atoms with Crippen molar-refractivity contribution in [1.82, 2.24) is 4.31 Å². The Kier molecular flexibility index (Phi) is 4.78. The van der Waals surface area contributed by atoms with E-state index in [-0.39, 0.29) is 12.0 Å². The average Bonchev–Trinajstić information content (AvgIpc) is 2.93. The summed E-state index contributed by atoms with van der Waals surface area (Å²) in [5.74, 6) is -0.0316. The van der Waals surface area contributed by atoms with Crippen LogP contribution in [0.2, 0.25) is 0 Å². The number of nitrogens with zero attached hydrogens (tertiary/aromatic N) is 1. The zero-order chi connectivity index (χ0) is 16.6. The Hall–Kier alpha value is -0.950. The summed E-state index contributed by atoms with van der Waals surface area (Å²) in [6, 6.07) is 5.15. The highest BCUT2D eigenvalue weighted by Crippen LogP contribution is 2.35. The number of rotatable bonds is 3. The first kappa shape index (κ1) is 16.9. The quantitative estimate of drug-likeness (QED) is 0.913. The van der Waals surface area contributed by atoms with Crippen molar-refractivity contribution < 1.29 is 18.3 Å². The molecule has 0 amide bonds. The van der Waals surface area contributed by atoms with E-state index in [9.17, 15) is 13.5 Å². The smallest absolute Gasteiger partial charge is 0.243 e. The van der Waals surface area contributed by atoms with Crippen molar-refractivity contribution >= 4 is 10.0 Å². The molecule has 1 N–H and O–H groups in total. The van der Waals surface area contributed by atoms with E-state index >= 15 is 0 Å². The van der Waals surface area contributed by atoms with Crippen LogP contribution in [0.4, 0.5) is 0 Å². The summed E-state index contributed by atoms with van der Waals surface area (Å²) < 4.78 is 33.5. The molecule has 23 heavy (non-hydrogen) atoms. The average molecular weight is 339 g/mol. The van der Waals surface area contributed by atoms with Crippen molar-refractivity contribution in [2.45, 2.75) is 50.2 Å². The summed E-state index contributed by atoms with van der Waals surface area (Å²) in [4.78, 5) is 0.363. The molecular weight excluding hydrogens is 314 g/mol. The lowest BCUT2D eigenvalue weighted by Gasteiger charge is -2.39. The highest BCUT2D eigenvalue weighted by molar-refractivity contribution is 7.89. The zero-order valence-corrected chi connectivity index (χ0v) is 14.6. The molecule has 0 aromatic heterocycles. The molecule has 1 aliphatic heterocycles. The maximum Gasteiger partial charge on any atom is 0.243 e. The second-order valence-corrected chi connectivity index (χ2v) is 8.55. The van der Waals surface area contributed by atoms with Gasteiger partial charge in [-0.15, -0.1) is 0 Å². The van der Waals surface area contributed by atoms with Crippen LogP contribution in [0.15, 0.2) is 23.1 Å². The highest BCUT2D eigenvalue weighted by Gasteiger charge is 2.42. The molecule has 1 saturated carbocycles. The van der Waals surface area contributed by atoms with Crippen LogP contribution in [0, 0.1) is 19.8 Å². The van der Waals surface area contributed by atoms with Gasteiger partial charge >= 0.3 is 0 Å². The third-order valence-corrected chi connectivity index (χ3v) is 7.14. The highest BCUT2D eigenvalue weighted by atomic mass is 32.2. The Morgan fingerprint density at radius 1 is 1.26 bits per heavy atom. The van der Waals surface area contributed by atoms with Crippen molar-refractivity contribution in [3.63, 3.8) is 0 Å². The maximum absolute atomic E-state index is 13.2. The van der Waals surface area contributed by atoms with E-state index in [0.717, 1.165) is 30.4 Å². The molecule has 6 heteroatoms. The summed E-state index contributed by atoms with van der Waals surface area (Å²) in [6.45, 7) is 4.91. The normalized spacial score (nSPS) is 29.8. The Balaban J connectivity index is 1.95. The van der Waals surface area contributed by atoms with Gasteiger partial charge in [-0.3, -0.25) is 0 Å². The minimum absolute atomic E-state index is 0.0316. The third-order valence-electron chi connectivity index (χ3n) is 5.06. The summed E-state index contributed by atoms with van der Waals surface area (Å²) in [6.07, 6.45) is 2.12. The number of hydrogen-bond acceptors (Lipinski definition) is 4. The topological polar surface area (TPSA) is 66.8 Å². The van der Waals surface area contributed by atoms with Gasteiger partial charge in [0.1, 0.15) is 0 Å². The zero-order valence-electron chi connectivity index (χ0n) is 13.7. The lowest BCUT2D eigenvalue weighted by atomic mass is 9.96. The molecule has 1 aromatic carbocycles. The van der Waals surface area contributed by atoms with E-state index in [1.807, 2.05) is 26.0 Å². The predicted molar refractivity (Wildman–Crippen MR) is 87.8 cm³/mol. The molecule has 2 aliphatic rings. The molecule has 1 aromatic rings. The van der Waals surface area contributed by atoms with Gasteiger partial charge in [-0.1, -0.05) is 24.1 Å². The fraction of sp³-hybridized carbons (Fsp3) is 0.647. The van der Waals surface area contributed by atoms with Crippen LogP contribution in [0.3, 0.4) is 0 Å². The van der Waals surface area contributed by atoms with Gasteiger partial charge in [0.05, 0.1) is 30.3 Å². The molecule has 0 bridgehead atoms. The van der Waals surface area contributed by atoms with E-state index < -0.39 is 16.1 Å². The molecule has 1 saturated heterocycles. The number of aliphatic hydroxyl groups is 1. The van der Waals surface area contributed by atoms with Gasteiger partial charge in [0.25, 0.3) is 0 Å². The van der Waals surface area contributed by atoms with Gasteiger partial charge in [-0.25, -0.2) is 8.42 Å². The minimum Gasteiger partial charge on any atom is -0.393 e. The van der Waals surface area contributed by atoms with Gasteiger partial charge < -0.3 is 9.84 Å². The van der Waals surface area contributed by atoms with Crippen LogP contribution in [-0.4, -0.2) is 49.7 Å². The summed E-state index contributed by atoms with van der Waals surface area (Å²) in [5.41, 5.74) is 1.81. The standard InChI is InChI=1S/C17H25NO4S/c1-12-6-7-17(13(2)10-12)23(20,21)18-8-9-22-11-15(18)14-4-3-5-16(14)19/h6-7,10,14-16,19H,3-5,8-9,11H2,1-2H3/t14-,15-,16-/m1/s1. The minimum atomic E-state index is -3.58. The maximum atomic E-state index is 13.2. The molecule has 3 rings (SSSR count). The van der Waals surface area contributed by atoms with Crippen LogP contribution >= 0.6 is 0 Å². The number of benzene rings is 1. The van der Waals surface area contributed by atoms with E-state index in [2.05, 4.69) is 0 Å². The van der Waals surface area contributed by atoms with Crippen molar-refractivity contribution in [2.75, 3.05) is 19.8 Å². The Morgan fingerprint density at radius 2 is 2.04 bits per heavy atom. The number of aliphatic hydroxyl groups excluding tert-OH is 1. The molecule has 1 heterocycles. The number of sulfonamides is 1. The van der Waals surface area contributed by atoms with Crippen molar-refractivity contribution in [3.05, 3.63) is 29.3 Å². The van der Waals surface area contributed by atoms with Crippen molar-refractivity contribution in [3.8, 4) is 0 Å². The first-order valence-electron chi connectivity index (χ1n) is 8.26. The fourth-order valence-corrected chi connectivity index (χ4v) is 5.72. The lowest BCUT2D eigenvalue weighted by molar-refractivity contribution is -0.0148. The van der Waals surface area contributed by atoms with Crippen LogP contribution in [0.1, 0.15) is 30.4 Å². The molecule has 128 valence electrons. The lowest BCUT2D eigenvalue weighted by Crippen LogP contribution is -2.53. The third kappa shape index (κ3) is 3.18. The molecule has 0 unspecified atom stereocenters. The SMILES string of the molecule is Cc1ccc(S(=O)(=O)N2CCOC[C@@H]2[C@H]2CCC[C@H]2O)c(C)c1. The van der Waals surface area contributed by atoms with E-state index in [1.54, 1.807) is 10.4 Å². The number of hydrogen-bond donors (Lipinski definition) is 1. The van der Waals surface area contributed by atoms with Gasteiger partial charge in [-0.2, -0.15) is 4.31 Å². The van der Waals surface area contributed by atoms with Crippen molar-refractivity contribution in [1.29, 1.82) is 0 Å². The Morgan fingerprint density at radius 3 is 2.70 bits per heavy atom. The monoisotopic (exact) mass is 339 g/mol. The second-order valence-electron chi connectivity index (χ2n) is 6.69. The molecule has 0 spiro atoms. The molecule has 5 nitrogen and oxygen atoms in total. The number of aryl methyl sites for hydroxylation is 2. The van der Waals surface area contributed by atoms with E-state index in [4.69, 9.17) is 4.74 Å². The summed E-state index contributed by atoms with van der Waals surface area (Å²) in [7, 11) is -3.58. The van der Waals surface area contributed by atoms with Crippen molar-refractivity contribution in [2.24, 2.45) is 5.92 Å². The molecule has 2 fully saturated rings. The van der Waals surface area contributed by atoms with Gasteiger partial charge in [0.2, 0.25) is 10.0 Å². The molecular formula is C17H25NO4S. The van der Waals surface area contributed by atoms with Crippen LogP contribution in [-0.2, 0) is 14.8 Å². The molecule has 3 atom stereocenters. The first-order valence-corrected chi connectivity index (χ1v) is 9.70. The Labute approximate surface area is 138 Å². The van der Waals surface area contributed by atoms with E-state index in [0.29, 0.717) is 24.7 Å². The molecule has 0 radical (unpaired) electrons. The summed E-state index contributed by atoms with van der Waals surface area (Å²) >= 11 is 0. The second kappa shape index (κ2) is 6.51. The Bertz CT molecular complexity index is 673. The first-order chi connectivity index (χ1) is 10.9. The fourth-order valence-electron chi connectivity index (χ4n) is 3.88. The number of ether oxygens (including phenoxy) is 1.